The highest BCUT2D eigenvalue weighted by molar-refractivity contribution is 6.31. The van der Waals surface area contributed by atoms with E-state index in [2.05, 4.69) is 10.6 Å². The molecule has 0 radical (unpaired) electrons. The van der Waals surface area contributed by atoms with Gasteiger partial charge in [0.2, 0.25) is 11.8 Å². The minimum Gasteiger partial charge on any atom is -0.487 e. The van der Waals surface area contributed by atoms with Crippen LogP contribution < -0.4 is 20.9 Å². The molecule has 1 atom stereocenters. The summed E-state index contributed by atoms with van der Waals surface area (Å²) in [5.74, 6) is -4.70. The van der Waals surface area contributed by atoms with Gasteiger partial charge in [-0.15, -0.1) is 0 Å². The second-order valence-electron chi connectivity index (χ2n) is 7.98. The number of rotatable bonds is 7. The summed E-state index contributed by atoms with van der Waals surface area (Å²) < 4.78 is 62.4. The van der Waals surface area contributed by atoms with Crippen molar-refractivity contribution in [2.45, 2.75) is 32.0 Å². The molecular formula is C24H18ClF4N3O4. The van der Waals surface area contributed by atoms with E-state index in [9.17, 15) is 31.9 Å². The monoisotopic (exact) mass is 523 g/mol. The van der Waals surface area contributed by atoms with E-state index < -0.39 is 51.5 Å². The fourth-order valence-corrected chi connectivity index (χ4v) is 3.86. The van der Waals surface area contributed by atoms with Crippen LogP contribution in [0.1, 0.15) is 24.0 Å². The van der Waals surface area contributed by atoms with Crippen molar-refractivity contribution in [1.29, 1.82) is 0 Å². The maximum absolute atomic E-state index is 14.8. The van der Waals surface area contributed by atoms with Crippen molar-refractivity contribution in [3.8, 4) is 11.4 Å². The van der Waals surface area contributed by atoms with E-state index in [1.54, 1.807) is 0 Å². The Hall–Kier alpha value is -3.86. The lowest BCUT2D eigenvalue weighted by atomic mass is 10.1. The molecule has 0 spiro atoms. The number of ether oxygens (including phenoxy) is 1. The number of nitrogens with zero attached hydrogens (tertiary/aromatic N) is 1. The predicted molar refractivity (Wildman–Crippen MR) is 121 cm³/mol. The van der Waals surface area contributed by atoms with Crippen LogP contribution in [-0.4, -0.2) is 22.4 Å². The fraction of sp³-hybridized carbons (Fsp3) is 0.208. The van der Waals surface area contributed by atoms with E-state index in [1.807, 2.05) is 0 Å². The Morgan fingerprint density at radius 1 is 1.08 bits per heavy atom. The summed E-state index contributed by atoms with van der Waals surface area (Å²) in [5, 5.41) is 4.48. The number of carbonyl (C=O) groups is 2. The van der Waals surface area contributed by atoms with E-state index in [0.717, 1.165) is 24.4 Å². The fourth-order valence-electron chi connectivity index (χ4n) is 3.65. The van der Waals surface area contributed by atoms with Gasteiger partial charge in [-0.3, -0.25) is 19.0 Å². The molecule has 2 amide bonds. The number of nitrogens with one attached hydrogen (secondary N) is 2. The van der Waals surface area contributed by atoms with Gasteiger partial charge in [0.25, 0.3) is 5.56 Å². The standard InChI is InChI=1S/C24H18ClF4N3O4/c25-21-19(36-11-13-1-2-14(26)9-15(13)27)5-6-32(24(21)35)22-16(28)7-12(8-17(22)29)10-30-23(34)18-3-4-20(33)31-18/h1-2,5-9,18H,3-4,10-11H2,(H,30,34)(H,31,33). The molecule has 1 fully saturated rings. The first kappa shape index (κ1) is 25.2. The highest BCUT2D eigenvalue weighted by atomic mass is 35.5. The van der Waals surface area contributed by atoms with Crippen molar-refractivity contribution in [1.82, 2.24) is 15.2 Å². The third-order valence-corrected chi connectivity index (χ3v) is 5.84. The van der Waals surface area contributed by atoms with Crippen molar-refractivity contribution in [3.05, 3.63) is 92.4 Å². The number of aromatic nitrogens is 1. The summed E-state index contributed by atoms with van der Waals surface area (Å²) in [7, 11) is 0. The predicted octanol–water partition coefficient (Wildman–Crippen LogP) is 3.52. The Morgan fingerprint density at radius 3 is 2.44 bits per heavy atom. The first-order valence-electron chi connectivity index (χ1n) is 10.7. The summed E-state index contributed by atoms with van der Waals surface area (Å²) >= 11 is 6.04. The molecule has 36 heavy (non-hydrogen) atoms. The Labute approximate surface area is 206 Å². The molecule has 1 unspecified atom stereocenters. The molecular weight excluding hydrogens is 506 g/mol. The topological polar surface area (TPSA) is 89.4 Å². The third kappa shape index (κ3) is 5.35. The molecule has 1 aliphatic heterocycles. The molecule has 3 aromatic rings. The molecule has 0 saturated carbocycles. The number of carbonyl (C=O) groups excluding carboxylic acids is 2. The summed E-state index contributed by atoms with van der Waals surface area (Å²) in [6.07, 6.45) is 1.59. The van der Waals surface area contributed by atoms with Crippen LogP contribution in [0.3, 0.4) is 0 Å². The SMILES string of the molecule is O=C1CCC(C(=O)NCc2cc(F)c(-n3ccc(OCc4ccc(F)cc4F)c(Cl)c3=O)c(F)c2)N1. The Bertz CT molecular complexity index is 1390. The van der Waals surface area contributed by atoms with E-state index in [4.69, 9.17) is 16.3 Å². The van der Waals surface area contributed by atoms with Crippen LogP contribution in [0.4, 0.5) is 17.6 Å². The van der Waals surface area contributed by atoms with Gasteiger partial charge in [-0.2, -0.15) is 0 Å². The van der Waals surface area contributed by atoms with Gasteiger partial charge in [0.15, 0.2) is 11.6 Å². The molecule has 2 N–H and O–H groups in total. The molecule has 188 valence electrons. The van der Waals surface area contributed by atoms with E-state index in [0.29, 0.717) is 17.1 Å². The lowest BCUT2D eigenvalue weighted by Gasteiger charge is -2.14. The zero-order valence-electron chi connectivity index (χ0n) is 18.4. The van der Waals surface area contributed by atoms with Crippen LogP contribution in [0, 0.1) is 23.3 Å². The maximum atomic E-state index is 14.8. The number of halogens is 5. The zero-order valence-corrected chi connectivity index (χ0v) is 19.2. The van der Waals surface area contributed by atoms with Gasteiger partial charge in [-0.1, -0.05) is 11.6 Å². The van der Waals surface area contributed by atoms with Crippen LogP contribution in [0.2, 0.25) is 5.02 Å². The van der Waals surface area contributed by atoms with Crippen LogP contribution in [0.5, 0.6) is 5.75 Å². The number of hydrogen-bond donors (Lipinski definition) is 2. The van der Waals surface area contributed by atoms with Gasteiger partial charge in [-0.25, -0.2) is 17.6 Å². The average molecular weight is 524 g/mol. The summed E-state index contributed by atoms with van der Waals surface area (Å²) in [5.41, 5.74) is -1.60. The summed E-state index contributed by atoms with van der Waals surface area (Å²) in [4.78, 5) is 36.0. The molecule has 1 aromatic heterocycles. The number of amides is 2. The van der Waals surface area contributed by atoms with Gasteiger partial charge < -0.3 is 15.4 Å². The lowest BCUT2D eigenvalue weighted by Crippen LogP contribution is -2.41. The molecule has 4 rings (SSSR count). The smallest absolute Gasteiger partial charge is 0.277 e. The first-order chi connectivity index (χ1) is 17.1. The molecule has 1 aliphatic rings. The molecule has 0 aliphatic carbocycles. The van der Waals surface area contributed by atoms with E-state index >= 15 is 0 Å². The van der Waals surface area contributed by atoms with Crippen molar-refractivity contribution in [2.24, 2.45) is 0 Å². The van der Waals surface area contributed by atoms with E-state index in [1.165, 1.54) is 12.1 Å². The molecule has 1 saturated heterocycles. The second-order valence-corrected chi connectivity index (χ2v) is 8.36. The van der Waals surface area contributed by atoms with Gasteiger partial charge in [-0.05, 0) is 42.3 Å². The highest BCUT2D eigenvalue weighted by Gasteiger charge is 2.27. The third-order valence-electron chi connectivity index (χ3n) is 5.49. The van der Waals surface area contributed by atoms with Crippen molar-refractivity contribution >= 4 is 23.4 Å². The molecule has 12 heteroatoms. The van der Waals surface area contributed by atoms with Gasteiger partial charge >= 0.3 is 0 Å². The Kier molecular flexibility index (Phi) is 7.30. The van der Waals surface area contributed by atoms with Crippen LogP contribution in [0.15, 0.2) is 47.4 Å². The zero-order chi connectivity index (χ0) is 26.0. The summed E-state index contributed by atoms with van der Waals surface area (Å²) in [6, 6.07) is 5.25. The maximum Gasteiger partial charge on any atom is 0.277 e. The van der Waals surface area contributed by atoms with Gasteiger partial charge in [0, 0.05) is 30.8 Å². The second kappa shape index (κ2) is 10.4. The van der Waals surface area contributed by atoms with Crippen LogP contribution in [0.25, 0.3) is 5.69 Å². The van der Waals surface area contributed by atoms with Crippen molar-refractivity contribution in [3.63, 3.8) is 0 Å². The Balaban J connectivity index is 1.50. The summed E-state index contributed by atoms with van der Waals surface area (Å²) in [6.45, 7) is -0.579. The quantitative estimate of drug-likeness (QED) is 0.464. The molecule has 2 aromatic carbocycles. The normalized spacial score (nSPS) is 15.0. The highest BCUT2D eigenvalue weighted by Crippen LogP contribution is 2.25. The number of benzene rings is 2. The molecule has 2 heterocycles. The van der Waals surface area contributed by atoms with Crippen molar-refractivity contribution in [2.75, 3.05) is 0 Å². The minimum atomic E-state index is -1.09. The number of pyridine rings is 1. The molecule has 7 nitrogen and oxygen atoms in total. The minimum absolute atomic E-state index is 0.00623. The van der Waals surface area contributed by atoms with Crippen LogP contribution >= 0.6 is 11.6 Å². The lowest BCUT2D eigenvalue weighted by molar-refractivity contribution is -0.125. The van der Waals surface area contributed by atoms with Gasteiger partial charge in [0.05, 0.1) is 0 Å². The largest absolute Gasteiger partial charge is 0.487 e. The van der Waals surface area contributed by atoms with Crippen LogP contribution in [-0.2, 0) is 22.7 Å². The Morgan fingerprint density at radius 2 is 1.81 bits per heavy atom. The average Bonchev–Trinajstić information content (AvgIpc) is 3.26. The van der Waals surface area contributed by atoms with E-state index in [-0.39, 0.29) is 42.4 Å². The van der Waals surface area contributed by atoms with Gasteiger partial charge in [0.1, 0.15) is 40.7 Å². The first-order valence-corrected chi connectivity index (χ1v) is 11.0. The molecule has 0 bridgehead atoms. The number of hydrogen-bond acceptors (Lipinski definition) is 4. The van der Waals surface area contributed by atoms with Crippen molar-refractivity contribution < 1.29 is 31.9 Å².